The number of nitrogens with zero attached hydrogens (tertiary/aromatic N) is 2. The third kappa shape index (κ3) is 3.70. The predicted molar refractivity (Wildman–Crippen MR) is 95.7 cm³/mol. The smallest absolute Gasteiger partial charge is 0.225 e. The molecule has 1 N–H and O–H groups in total. The lowest BCUT2D eigenvalue weighted by molar-refractivity contribution is -0.116. The fourth-order valence-corrected chi connectivity index (χ4v) is 3.41. The second-order valence-electron chi connectivity index (χ2n) is 5.63. The Morgan fingerprint density at radius 1 is 1.29 bits per heavy atom. The average molecular weight is 343 g/mol. The number of ether oxygens (including phenoxy) is 1. The molecule has 1 aliphatic heterocycles. The first kappa shape index (κ1) is 16.8. The molecule has 5 nitrogen and oxygen atoms in total. The summed E-state index contributed by atoms with van der Waals surface area (Å²) in [6, 6.07) is 5.85. The Kier molecular flexibility index (Phi) is 5.35. The molecule has 0 aliphatic carbocycles. The van der Waals surface area contributed by atoms with E-state index in [0.717, 1.165) is 39.9 Å². The fraction of sp³-hybridized carbons (Fsp3) is 0.389. The Morgan fingerprint density at radius 3 is 2.79 bits per heavy atom. The highest BCUT2D eigenvalue weighted by Gasteiger charge is 2.27. The number of thioether (sulfide) groups is 1. The maximum atomic E-state index is 12.1. The van der Waals surface area contributed by atoms with Gasteiger partial charge in [-0.3, -0.25) is 4.79 Å². The summed E-state index contributed by atoms with van der Waals surface area (Å²) in [5.41, 5.74) is 2.86. The van der Waals surface area contributed by atoms with Gasteiger partial charge in [-0.2, -0.15) is 0 Å². The van der Waals surface area contributed by atoms with Gasteiger partial charge in [0.05, 0.1) is 6.61 Å². The number of aromatic nitrogens is 2. The van der Waals surface area contributed by atoms with Crippen LogP contribution < -0.4 is 10.1 Å². The Morgan fingerprint density at radius 2 is 2.08 bits per heavy atom. The summed E-state index contributed by atoms with van der Waals surface area (Å²) >= 11 is 1.65. The van der Waals surface area contributed by atoms with Crippen molar-refractivity contribution in [2.24, 2.45) is 0 Å². The fourth-order valence-electron chi connectivity index (χ4n) is 2.77. The van der Waals surface area contributed by atoms with Crippen molar-refractivity contribution in [3.8, 4) is 5.75 Å². The molecule has 1 atom stereocenters. The number of hydrogen-bond acceptors (Lipinski definition) is 5. The van der Waals surface area contributed by atoms with E-state index in [-0.39, 0.29) is 11.8 Å². The Bertz CT molecular complexity index is 719. The molecular formula is C18H21N3O2S. The van der Waals surface area contributed by atoms with Crippen LogP contribution in [0.1, 0.15) is 43.7 Å². The normalized spacial score (nSPS) is 16.4. The molecule has 0 bridgehead atoms. The van der Waals surface area contributed by atoms with Crippen LogP contribution in [0.25, 0.3) is 0 Å². The molecule has 0 saturated carbocycles. The van der Waals surface area contributed by atoms with E-state index in [1.807, 2.05) is 37.5 Å². The van der Waals surface area contributed by atoms with Gasteiger partial charge in [0.1, 0.15) is 5.75 Å². The molecule has 0 spiro atoms. The number of amides is 1. The molecule has 0 unspecified atom stereocenters. The van der Waals surface area contributed by atoms with Gasteiger partial charge in [-0.1, -0.05) is 24.8 Å². The van der Waals surface area contributed by atoms with Gasteiger partial charge in [0.25, 0.3) is 0 Å². The Labute approximate surface area is 146 Å². The van der Waals surface area contributed by atoms with E-state index >= 15 is 0 Å². The Balaban J connectivity index is 1.87. The zero-order valence-corrected chi connectivity index (χ0v) is 14.7. The van der Waals surface area contributed by atoms with Crippen LogP contribution in [-0.2, 0) is 4.79 Å². The minimum Gasteiger partial charge on any atom is -0.494 e. The van der Waals surface area contributed by atoms with Crippen LogP contribution in [0.2, 0.25) is 0 Å². The van der Waals surface area contributed by atoms with Crippen molar-refractivity contribution in [2.45, 2.75) is 37.8 Å². The number of anilines is 1. The zero-order valence-electron chi connectivity index (χ0n) is 13.9. The topological polar surface area (TPSA) is 64.1 Å². The van der Waals surface area contributed by atoms with Crippen LogP contribution in [0.3, 0.4) is 0 Å². The molecule has 0 saturated heterocycles. The standard InChI is InChI=1S/C18H21N3O2S/c1-3-7-24-18-19-10-12(11-20-18)15-9-17(22)21-16-8-13(23-4-2)5-6-14(15)16/h5-6,8,10-11,15H,3-4,7,9H2,1-2H3,(H,21,22)/t15-/m1/s1. The molecule has 1 amide bonds. The van der Waals surface area contributed by atoms with Crippen molar-refractivity contribution in [3.63, 3.8) is 0 Å². The van der Waals surface area contributed by atoms with Crippen molar-refractivity contribution in [1.82, 2.24) is 9.97 Å². The maximum absolute atomic E-state index is 12.1. The first-order chi connectivity index (χ1) is 11.7. The van der Waals surface area contributed by atoms with Gasteiger partial charge in [-0.25, -0.2) is 9.97 Å². The molecule has 24 heavy (non-hydrogen) atoms. The third-order valence-corrected chi connectivity index (χ3v) is 4.94. The van der Waals surface area contributed by atoms with E-state index in [2.05, 4.69) is 22.2 Å². The number of fused-ring (bicyclic) bond motifs is 1. The molecule has 0 radical (unpaired) electrons. The quantitative estimate of drug-likeness (QED) is 0.637. The highest BCUT2D eigenvalue weighted by atomic mass is 32.2. The maximum Gasteiger partial charge on any atom is 0.225 e. The van der Waals surface area contributed by atoms with Gasteiger partial charge < -0.3 is 10.1 Å². The molecule has 0 fully saturated rings. The lowest BCUT2D eigenvalue weighted by atomic mass is 9.86. The summed E-state index contributed by atoms with van der Waals surface area (Å²) in [6.07, 6.45) is 5.18. The number of nitrogens with one attached hydrogen (secondary N) is 1. The van der Waals surface area contributed by atoms with Crippen LogP contribution >= 0.6 is 11.8 Å². The Hall–Kier alpha value is -2.08. The second kappa shape index (κ2) is 7.66. The van der Waals surface area contributed by atoms with Crippen molar-refractivity contribution in [1.29, 1.82) is 0 Å². The molecule has 1 aromatic carbocycles. The number of rotatable bonds is 6. The summed E-state index contributed by atoms with van der Waals surface area (Å²) in [7, 11) is 0. The second-order valence-corrected chi connectivity index (χ2v) is 6.70. The van der Waals surface area contributed by atoms with E-state index in [1.54, 1.807) is 11.8 Å². The minimum absolute atomic E-state index is 0.00517. The van der Waals surface area contributed by atoms with E-state index < -0.39 is 0 Å². The lowest BCUT2D eigenvalue weighted by Crippen LogP contribution is -2.23. The lowest BCUT2D eigenvalue weighted by Gasteiger charge is -2.26. The molecule has 3 rings (SSSR count). The van der Waals surface area contributed by atoms with Crippen molar-refractivity contribution in [2.75, 3.05) is 17.7 Å². The first-order valence-electron chi connectivity index (χ1n) is 8.22. The number of carbonyl (C=O) groups is 1. The number of carbonyl (C=O) groups excluding carboxylic acids is 1. The number of hydrogen-bond donors (Lipinski definition) is 1. The molecular weight excluding hydrogens is 322 g/mol. The monoisotopic (exact) mass is 343 g/mol. The third-order valence-electron chi connectivity index (χ3n) is 3.86. The van der Waals surface area contributed by atoms with Crippen molar-refractivity contribution in [3.05, 3.63) is 41.7 Å². The molecule has 1 aliphatic rings. The molecule has 2 aromatic rings. The van der Waals surface area contributed by atoms with E-state index in [1.165, 1.54) is 0 Å². The van der Waals surface area contributed by atoms with Gasteiger partial charge in [0.2, 0.25) is 5.91 Å². The van der Waals surface area contributed by atoms with Crippen LogP contribution in [0.4, 0.5) is 5.69 Å². The molecule has 126 valence electrons. The summed E-state index contributed by atoms with van der Waals surface area (Å²) in [5, 5.41) is 3.72. The predicted octanol–water partition coefficient (Wildman–Crippen LogP) is 3.85. The zero-order chi connectivity index (χ0) is 16.9. The van der Waals surface area contributed by atoms with Gasteiger partial charge in [0, 0.05) is 42.2 Å². The van der Waals surface area contributed by atoms with E-state index in [4.69, 9.17) is 4.74 Å². The van der Waals surface area contributed by atoms with Gasteiger partial charge in [0.15, 0.2) is 5.16 Å². The number of benzene rings is 1. The van der Waals surface area contributed by atoms with Gasteiger partial charge in [-0.15, -0.1) is 0 Å². The van der Waals surface area contributed by atoms with Crippen molar-refractivity contribution >= 4 is 23.4 Å². The minimum atomic E-state index is -0.0188. The SMILES string of the molecule is CCCSc1ncc([C@H]2CC(=O)Nc3cc(OCC)ccc32)cn1. The van der Waals surface area contributed by atoms with Gasteiger partial charge in [-0.05, 0) is 30.5 Å². The van der Waals surface area contributed by atoms with Crippen LogP contribution in [0, 0.1) is 0 Å². The summed E-state index contributed by atoms with van der Waals surface area (Å²) in [5.74, 6) is 1.76. The summed E-state index contributed by atoms with van der Waals surface area (Å²) in [6.45, 7) is 4.67. The molecule has 6 heteroatoms. The molecule has 2 heterocycles. The van der Waals surface area contributed by atoms with E-state index in [0.29, 0.717) is 13.0 Å². The summed E-state index contributed by atoms with van der Waals surface area (Å²) < 4.78 is 5.52. The first-order valence-corrected chi connectivity index (χ1v) is 9.21. The highest BCUT2D eigenvalue weighted by molar-refractivity contribution is 7.99. The van der Waals surface area contributed by atoms with Gasteiger partial charge >= 0.3 is 0 Å². The highest BCUT2D eigenvalue weighted by Crippen LogP contribution is 2.38. The average Bonchev–Trinajstić information content (AvgIpc) is 2.60. The van der Waals surface area contributed by atoms with E-state index in [9.17, 15) is 4.79 Å². The van der Waals surface area contributed by atoms with Crippen LogP contribution in [0.15, 0.2) is 35.7 Å². The summed E-state index contributed by atoms with van der Waals surface area (Å²) in [4.78, 5) is 21.0. The van der Waals surface area contributed by atoms with Crippen molar-refractivity contribution < 1.29 is 9.53 Å². The van der Waals surface area contributed by atoms with Crippen LogP contribution in [0.5, 0.6) is 5.75 Å². The molecule has 1 aromatic heterocycles. The largest absolute Gasteiger partial charge is 0.494 e. The van der Waals surface area contributed by atoms with Crippen LogP contribution in [-0.4, -0.2) is 28.2 Å².